The molecular weight excluding hydrogens is 228 g/mol. The smallest absolute Gasteiger partial charge is 0.154 e. The lowest BCUT2D eigenvalue weighted by atomic mass is 9.63. The van der Waals surface area contributed by atoms with Crippen molar-refractivity contribution < 1.29 is 4.79 Å². The van der Waals surface area contributed by atoms with Gasteiger partial charge in [0.05, 0.1) is 4.32 Å². The Morgan fingerprint density at radius 1 is 1.69 bits per heavy atom. The van der Waals surface area contributed by atoms with Crippen molar-refractivity contribution in [2.45, 2.75) is 36.9 Å². The third-order valence-corrected chi connectivity index (χ3v) is 4.65. The first kappa shape index (κ1) is 9.45. The molecule has 1 fully saturated rings. The molecule has 0 aromatic rings. The number of allylic oxidation sites excluding steroid dienone is 2. The molecule has 0 saturated heterocycles. The number of carbonyl (C=O) groups excluding carboxylic acids is 1. The number of Topliss-reactive ketones (excluding diaryl/α,β-unsaturated/α-hetero) is 1. The molecule has 0 aromatic carbocycles. The van der Waals surface area contributed by atoms with Crippen LogP contribution < -0.4 is 0 Å². The SMILES string of the molecule is CCCC[C@]1(Br)C(=O)[C@@H]2CC=C[C@@H]21. The highest BCUT2D eigenvalue weighted by Gasteiger charge is 2.59. The predicted octanol–water partition coefficient (Wildman–Crippen LogP) is 3.09. The van der Waals surface area contributed by atoms with Crippen LogP contribution in [0.15, 0.2) is 12.2 Å². The monoisotopic (exact) mass is 242 g/mol. The van der Waals surface area contributed by atoms with Crippen LogP contribution in [0.25, 0.3) is 0 Å². The number of halogens is 1. The Kier molecular flexibility index (Phi) is 2.35. The minimum atomic E-state index is -0.180. The van der Waals surface area contributed by atoms with Gasteiger partial charge in [0.15, 0.2) is 5.78 Å². The van der Waals surface area contributed by atoms with Crippen molar-refractivity contribution in [3.8, 4) is 0 Å². The van der Waals surface area contributed by atoms with Gasteiger partial charge >= 0.3 is 0 Å². The van der Waals surface area contributed by atoms with E-state index < -0.39 is 0 Å². The minimum Gasteiger partial charge on any atom is -0.298 e. The maximum atomic E-state index is 11.8. The molecule has 0 aromatic heterocycles. The zero-order valence-corrected chi connectivity index (χ0v) is 9.51. The van der Waals surface area contributed by atoms with Crippen molar-refractivity contribution in [2.24, 2.45) is 11.8 Å². The van der Waals surface area contributed by atoms with Gasteiger partial charge in [-0.05, 0) is 12.8 Å². The first-order valence-corrected chi connectivity index (χ1v) is 5.89. The molecule has 0 spiro atoms. The van der Waals surface area contributed by atoms with Gasteiger partial charge in [-0.2, -0.15) is 0 Å². The highest BCUT2D eigenvalue weighted by atomic mass is 79.9. The summed E-state index contributed by atoms with van der Waals surface area (Å²) in [7, 11) is 0. The average Bonchev–Trinajstić information content (AvgIpc) is 2.59. The molecule has 0 aliphatic heterocycles. The van der Waals surface area contributed by atoms with Crippen molar-refractivity contribution >= 4 is 21.7 Å². The Balaban J connectivity index is 2.06. The number of hydrogen-bond acceptors (Lipinski definition) is 1. The highest BCUT2D eigenvalue weighted by molar-refractivity contribution is 9.10. The topological polar surface area (TPSA) is 17.1 Å². The number of carbonyl (C=O) groups is 1. The molecule has 0 radical (unpaired) electrons. The molecule has 13 heavy (non-hydrogen) atoms. The van der Waals surface area contributed by atoms with E-state index in [9.17, 15) is 4.79 Å². The predicted molar refractivity (Wildman–Crippen MR) is 56.9 cm³/mol. The lowest BCUT2D eigenvalue weighted by molar-refractivity contribution is -0.136. The third-order valence-electron chi connectivity index (χ3n) is 3.34. The van der Waals surface area contributed by atoms with Crippen molar-refractivity contribution in [3.05, 3.63) is 12.2 Å². The number of hydrogen-bond donors (Lipinski definition) is 0. The van der Waals surface area contributed by atoms with Gasteiger partial charge in [0.25, 0.3) is 0 Å². The lowest BCUT2D eigenvalue weighted by Gasteiger charge is -2.46. The fourth-order valence-electron chi connectivity index (χ4n) is 2.49. The number of alkyl halides is 1. The summed E-state index contributed by atoms with van der Waals surface area (Å²) in [6.45, 7) is 2.17. The summed E-state index contributed by atoms with van der Waals surface area (Å²) in [4.78, 5) is 11.8. The Morgan fingerprint density at radius 3 is 3.15 bits per heavy atom. The number of rotatable bonds is 3. The summed E-state index contributed by atoms with van der Waals surface area (Å²) >= 11 is 3.64. The molecule has 0 N–H and O–H groups in total. The van der Waals surface area contributed by atoms with E-state index in [1.807, 2.05) is 0 Å². The van der Waals surface area contributed by atoms with Crippen molar-refractivity contribution in [1.82, 2.24) is 0 Å². The normalized spacial score (nSPS) is 41.8. The van der Waals surface area contributed by atoms with Crippen molar-refractivity contribution in [1.29, 1.82) is 0 Å². The van der Waals surface area contributed by atoms with E-state index in [0.717, 1.165) is 19.3 Å². The first-order valence-electron chi connectivity index (χ1n) is 5.10. The molecule has 0 heterocycles. The van der Waals surface area contributed by atoms with E-state index in [-0.39, 0.29) is 4.32 Å². The molecule has 3 atom stereocenters. The van der Waals surface area contributed by atoms with Gasteiger partial charge in [-0.3, -0.25) is 4.79 Å². The van der Waals surface area contributed by atoms with E-state index in [1.165, 1.54) is 6.42 Å². The fraction of sp³-hybridized carbons (Fsp3) is 0.727. The lowest BCUT2D eigenvalue weighted by Crippen LogP contribution is -2.57. The summed E-state index contributed by atoms with van der Waals surface area (Å²) in [6.07, 6.45) is 8.67. The summed E-state index contributed by atoms with van der Waals surface area (Å²) in [6, 6.07) is 0. The summed E-state index contributed by atoms with van der Waals surface area (Å²) in [5.41, 5.74) is 0. The molecule has 2 aliphatic carbocycles. The van der Waals surface area contributed by atoms with E-state index >= 15 is 0 Å². The summed E-state index contributed by atoms with van der Waals surface area (Å²) in [5.74, 6) is 1.25. The number of fused-ring (bicyclic) bond motifs is 1. The molecule has 1 saturated carbocycles. The van der Waals surface area contributed by atoms with Crippen LogP contribution in [0.5, 0.6) is 0 Å². The Morgan fingerprint density at radius 2 is 2.46 bits per heavy atom. The summed E-state index contributed by atoms with van der Waals surface area (Å²) < 4.78 is -0.180. The van der Waals surface area contributed by atoms with Crippen LogP contribution in [0.3, 0.4) is 0 Å². The fourth-order valence-corrected chi connectivity index (χ4v) is 3.54. The number of ketones is 1. The third kappa shape index (κ3) is 1.22. The second-order valence-corrected chi connectivity index (χ2v) is 5.54. The van der Waals surface area contributed by atoms with Gasteiger partial charge in [0.2, 0.25) is 0 Å². The maximum Gasteiger partial charge on any atom is 0.154 e. The van der Waals surface area contributed by atoms with Gasteiger partial charge < -0.3 is 0 Å². The molecule has 2 aliphatic rings. The Hall–Kier alpha value is -0.110. The maximum absolute atomic E-state index is 11.8. The number of unbranched alkanes of at least 4 members (excludes halogenated alkanes) is 1. The minimum absolute atomic E-state index is 0.180. The first-order chi connectivity index (χ1) is 6.20. The average molecular weight is 243 g/mol. The molecule has 0 unspecified atom stereocenters. The quantitative estimate of drug-likeness (QED) is 0.550. The van der Waals surface area contributed by atoms with Crippen LogP contribution >= 0.6 is 15.9 Å². The van der Waals surface area contributed by atoms with Crippen molar-refractivity contribution in [2.75, 3.05) is 0 Å². The zero-order chi connectivity index (χ0) is 9.47. The van der Waals surface area contributed by atoms with Gasteiger partial charge in [0, 0.05) is 11.8 Å². The molecule has 72 valence electrons. The largest absolute Gasteiger partial charge is 0.298 e. The van der Waals surface area contributed by atoms with E-state index in [4.69, 9.17) is 0 Å². The van der Waals surface area contributed by atoms with Crippen LogP contribution in [-0.4, -0.2) is 10.1 Å². The summed E-state index contributed by atoms with van der Waals surface area (Å²) in [5, 5.41) is 0. The molecule has 0 bridgehead atoms. The van der Waals surface area contributed by atoms with E-state index in [2.05, 4.69) is 35.0 Å². The van der Waals surface area contributed by atoms with E-state index in [1.54, 1.807) is 0 Å². The molecule has 2 heteroatoms. The molecule has 2 rings (SSSR count). The zero-order valence-electron chi connectivity index (χ0n) is 7.92. The highest BCUT2D eigenvalue weighted by Crippen LogP contribution is 2.54. The molecule has 1 nitrogen and oxygen atoms in total. The Labute approximate surface area is 87.7 Å². The van der Waals surface area contributed by atoms with Crippen LogP contribution in [0, 0.1) is 11.8 Å². The van der Waals surface area contributed by atoms with Crippen LogP contribution in [0.4, 0.5) is 0 Å². The standard InChI is InChI=1S/C11H15BrO/c1-2-3-7-11(12)9-6-4-5-8(9)10(11)13/h4,6,8-9H,2-3,5,7H2,1H3/t8-,9+,11-/m1/s1. The van der Waals surface area contributed by atoms with Crippen LogP contribution in [-0.2, 0) is 4.79 Å². The van der Waals surface area contributed by atoms with Gasteiger partial charge in [-0.25, -0.2) is 0 Å². The van der Waals surface area contributed by atoms with Crippen LogP contribution in [0.1, 0.15) is 32.6 Å². The van der Waals surface area contributed by atoms with Gasteiger partial charge in [-0.15, -0.1) is 0 Å². The van der Waals surface area contributed by atoms with Crippen LogP contribution in [0.2, 0.25) is 0 Å². The van der Waals surface area contributed by atoms with Gasteiger partial charge in [0.1, 0.15) is 0 Å². The Bertz CT molecular complexity index is 259. The second-order valence-electron chi connectivity index (χ2n) is 4.13. The van der Waals surface area contributed by atoms with Gasteiger partial charge in [-0.1, -0.05) is 47.8 Å². The second kappa shape index (κ2) is 3.23. The molecule has 0 amide bonds. The van der Waals surface area contributed by atoms with Crippen molar-refractivity contribution in [3.63, 3.8) is 0 Å². The molecular formula is C11H15BrO. The van der Waals surface area contributed by atoms with E-state index in [0.29, 0.717) is 17.6 Å².